The van der Waals surface area contributed by atoms with E-state index >= 15 is 0 Å². The number of benzene rings is 2. The molecule has 0 atom stereocenters. The van der Waals surface area contributed by atoms with E-state index in [1.807, 2.05) is 4.70 Å². The lowest BCUT2D eigenvalue weighted by molar-refractivity contribution is -0.491. The molecule has 0 saturated carbocycles. The van der Waals surface area contributed by atoms with Gasteiger partial charge in [-0.1, -0.05) is 186 Å². The summed E-state index contributed by atoms with van der Waals surface area (Å²) in [5.41, 5.74) is 10.3. The maximum absolute atomic E-state index is 5.06. The van der Waals surface area contributed by atoms with Gasteiger partial charge in [0, 0.05) is 6.08 Å². The van der Waals surface area contributed by atoms with Gasteiger partial charge >= 0.3 is 0 Å². The van der Waals surface area contributed by atoms with Gasteiger partial charge in [-0.2, -0.15) is 0 Å². The standard InChI is InChI=1S/C49H83N2/c1-7-12-16-20-24-28-32-45-36-37-48(42-46(45)33-29-25-21-17-13-8-2)50-51(6)39-38-43-40-44(11-5)49(35-31-27-23-19-15-10-4)47(41-43)34-30-26-22-18-14-9-3/h36-42H,7-35H2,1-6H3/q+1. The average Bonchev–Trinajstić information content (AvgIpc) is 3.14. The van der Waals surface area contributed by atoms with Crippen molar-refractivity contribution in [2.24, 2.45) is 5.11 Å². The molecule has 0 aromatic heterocycles. The summed E-state index contributed by atoms with van der Waals surface area (Å²) >= 11 is 0. The van der Waals surface area contributed by atoms with E-state index in [1.54, 1.807) is 22.3 Å². The van der Waals surface area contributed by atoms with Gasteiger partial charge in [0.1, 0.15) is 5.69 Å². The first-order valence-corrected chi connectivity index (χ1v) is 22.4. The zero-order chi connectivity index (χ0) is 36.8. The van der Waals surface area contributed by atoms with Crippen molar-refractivity contribution in [3.8, 4) is 0 Å². The zero-order valence-corrected chi connectivity index (χ0v) is 34.9. The fourth-order valence-electron chi connectivity index (χ4n) is 7.71. The number of nitrogens with zero attached hydrogens (tertiary/aromatic N) is 2. The Labute approximate surface area is 318 Å². The van der Waals surface area contributed by atoms with Crippen molar-refractivity contribution in [3.63, 3.8) is 0 Å². The van der Waals surface area contributed by atoms with Crippen LogP contribution in [0.5, 0.6) is 0 Å². The second-order valence-electron chi connectivity index (χ2n) is 15.7. The third-order valence-electron chi connectivity index (χ3n) is 11.0. The van der Waals surface area contributed by atoms with Gasteiger partial charge in [0.25, 0.3) is 0 Å². The van der Waals surface area contributed by atoms with Gasteiger partial charge in [-0.25, -0.2) is 0 Å². The molecule has 0 aliphatic rings. The molecule has 2 rings (SSSR count). The van der Waals surface area contributed by atoms with Crippen LogP contribution in [-0.4, -0.2) is 11.7 Å². The van der Waals surface area contributed by atoms with Crippen molar-refractivity contribution in [2.45, 2.75) is 221 Å². The predicted molar refractivity (Wildman–Crippen MR) is 228 cm³/mol. The second-order valence-corrected chi connectivity index (χ2v) is 15.7. The Hall–Kier alpha value is -2.22. The van der Waals surface area contributed by atoms with Gasteiger partial charge < -0.3 is 0 Å². The predicted octanol–water partition coefficient (Wildman–Crippen LogP) is 16.3. The lowest BCUT2D eigenvalue weighted by atomic mass is 9.89. The number of hydrogen-bond donors (Lipinski definition) is 0. The molecular formula is C49H83N2+. The Morgan fingerprint density at radius 3 is 1.39 bits per heavy atom. The van der Waals surface area contributed by atoms with E-state index in [0.717, 1.165) is 12.1 Å². The molecule has 288 valence electrons. The topological polar surface area (TPSA) is 15.4 Å². The minimum atomic E-state index is 1.09. The fraction of sp³-hybridized carbons (Fsp3) is 0.714. The van der Waals surface area contributed by atoms with Gasteiger partial charge in [-0.3, -0.25) is 0 Å². The molecule has 2 heteroatoms. The summed E-state index contributed by atoms with van der Waals surface area (Å²) in [6.07, 6.45) is 43.0. The van der Waals surface area contributed by atoms with Gasteiger partial charge in [0.05, 0.1) is 0 Å². The number of rotatable bonds is 32. The molecule has 0 amide bonds. The highest BCUT2D eigenvalue weighted by Crippen LogP contribution is 2.26. The highest BCUT2D eigenvalue weighted by molar-refractivity contribution is 5.54. The van der Waals surface area contributed by atoms with E-state index < -0.39 is 0 Å². The van der Waals surface area contributed by atoms with Crippen LogP contribution in [0.3, 0.4) is 0 Å². The summed E-state index contributed by atoms with van der Waals surface area (Å²) < 4.78 is 2.03. The highest BCUT2D eigenvalue weighted by Gasteiger charge is 2.11. The molecule has 0 spiro atoms. The quantitative estimate of drug-likeness (QED) is 0.0410. The average molecular weight is 700 g/mol. The SMILES string of the molecule is CCCCCCCCc1ccc(N=[N+](C)C=Cc2cc(CC)c(CCCCCCCC)c(CCCCCCCC)c2)cc1CCCCCCCC. The molecule has 0 bridgehead atoms. The molecule has 51 heavy (non-hydrogen) atoms. The highest BCUT2D eigenvalue weighted by atomic mass is 15.2. The minimum Gasteiger partial charge on any atom is -0.0934 e. The van der Waals surface area contributed by atoms with Gasteiger partial charge in [0.2, 0.25) is 0 Å². The van der Waals surface area contributed by atoms with Crippen molar-refractivity contribution in [1.29, 1.82) is 0 Å². The lowest BCUT2D eigenvalue weighted by Crippen LogP contribution is -2.02. The molecule has 0 heterocycles. The summed E-state index contributed by atoms with van der Waals surface area (Å²) in [5.74, 6) is 0. The number of aryl methyl sites for hydroxylation is 4. The largest absolute Gasteiger partial charge is 0.196 e. The van der Waals surface area contributed by atoms with Crippen LogP contribution < -0.4 is 0 Å². The van der Waals surface area contributed by atoms with E-state index in [1.165, 1.54) is 191 Å². The summed E-state index contributed by atoms with van der Waals surface area (Å²) in [6.45, 7) is 11.6. The minimum absolute atomic E-state index is 1.09. The van der Waals surface area contributed by atoms with Crippen LogP contribution in [0.15, 0.2) is 41.6 Å². The molecule has 0 radical (unpaired) electrons. The van der Waals surface area contributed by atoms with Crippen LogP contribution in [-0.2, 0) is 32.1 Å². The van der Waals surface area contributed by atoms with E-state index in [-0.39, 0.29) is 0 Å². The van der Waals surface area contributed by atoms with E-state index in [9.17, 15) is 0 Å². The number of azo groups is 2. The maximum Gasteiger partial charge on any atom is 0.196 e. The molecular weight excluding hydrogens is 617 g/mol. The molecule has 0 fully saturated rings. The zero-order valence-electron chi connectivity index (χ0n) is 34.9. The number of unbranched alkanes of at least 4 members (excludes halogenated alkanes) is 20. The molecule has 0 unspecified atom stereocenters. The molecule has 2 nitrogen and oxygen atoms in total. The normalized spacial score (nSPS) is 12.1. The Balaban J connectivity index is 2.19. The van der Waals surface area contributed by atoms with Crippen LogP contribution in [0.4, 0.5) is 5.69 Å². The Morgan fingerprint density at radius 1 is 0.451 bits per heavy atom. The molecule has 0 aliphatic heterocycles. The Bertz CT molecular complexity index is 1200. The van der Waals surface area contributed by atoms with Crippen LogP contribution in [0.1, 0.15) is 222 Å². The smallest absolute Gasteiger partial charge is 0.0934 e. The van der Waals surface area contributed by atoms with E-state index in [4.69, 9.17) is 5.11 Å². The molecule has 0 N–H and O–H groups in total. The summed E-state index contributed by atoms with van der Waals surface area (Å²) in [5, 5.41) is 5.06. The molecule has 0 saturated heterocycles. The molecule has 2 aromatic carbocycles. The number of hydrogen-bond acceptors (Lipinski definition) is 1. The Kier molecular flexibility index (Phi) is 26.7. The first-order valence-electron chi connectivity index (χ1n) is 22.4. The maximum atomic E-state index is 5.06. The Morgan fingerprint density at radius 2 is 0.882 bits per heavy atom. The lowest BCUT2D eigenvalue weighted by Gasteiger charge is -2.16. The summed E-state index contributed by atoms with van der Waals surface area (Å²) in [6, 6.07) is 12.0. The van der Waals surface area contributed by atoms with Gasteiger partial charge in [0.15, 0.2) is 13.2 Å². The van der Waals surface area contributed by atoms with E-state index in [2.05, 4.69) is 84.3 Å². The van der Waals surface area contributed by atoms with Crippen molar-refractivity contribution < 1.29 is 4.70 Å². The van der Waals surface area contributed by atoms with Crippen molar-refractivity contribution in [1.82, 2.24) is 0 Å². The molecule has 2 aromatic rings. The second kappa shape index (κ2) is 30.3. The van der Waals surface area contributed by atoms with Crippen LogP contribution >= 0.6 is 0 Å². The first kappa shape index (κ1) is 44.9. The summed E-state index contributed by atoms with van der Waals surface area (Å²) in [7, 11) is 2.10. The first-order chi connectivity index (χ1) is 25.1. The van der Waals surface area contributed by atoms with Crippen molar-refractivity contribution >= 4 is 11.8 Å². The monoisotopic (exact) mass is 700 g/mol. The third-order valence-corrected chi connectivity index (χ3v) is 11.0. The fourth-order valence-corrected chi connectivity index (χ4v) is 7.71. The van der Waals surface area contributed by atoms with Gasteiger partial charge in [-0.15, -0.1) is 0 Å². The van der Waals surface area contributed by atoms with E-state index in [0.29, 0.717) is 0 Å². The van der Waals surface area contributed by atoms with Gasteiger partial charge in [-0.05, 0) is 108 Å². The molecule has 0 aliphatic carbocycles. The third kappa shape index (κ3) is 20.6. The van der Waals surface area contributed by atoms with Crippen LogP contribution in [0, 0.1) is 0 Å². The van der Waals surface area contributed by atoms with Crippen LogP contribution in [0.25, 0.3) is 6.08 Å². The summed E-state index contributed by atoms with van der Waals surface area (Å²) in [4.78, 5) is 0. The van der Waals surface area contributed by atoms with Crippen LogP contribution in [0.2, 0.25) is 0 Å². The van der Waals surface area contributed by atoms with Crippen molar-refractivity contribution in [3.05, 3.63) is 69.9 Å². The van der Waals surface area contributed by atoms with Crippen molar-refractivity contribution in [2.75, 3.05) is 7.05 Å².